The molecule has 0 amide bonds. The van der Waals surface area contributed by atoms with Crippen LogP contribution in [-0.4, -0.2) is 6.04 Å². The summed E-state index contributed by atoms with van der Waals surface area (Å²) >= 11 is 5.48. The summed E-state index contributed by atoms with van der Waals surface area (Å²) in [6, 6.07) is 3.35. The van der Waals surface area contributed by atoms with Crippen LogP contribution in [-0.2, 0) is 6.42 Å². The highest BCUT2D eigenvalue weighted by Crippen LogP contribution is 2.38. The molecule has 2 rings (SSSR count). The van der Waals surface area contributed by atoms with Crippen LogP contribution in [0.15, 0.2) is 22.5 Å². The minimum absolute atomic E-state index is 0.520. The van der Waals surface area contributed by atoms with Gasteiger partial charge < -0.3 is 5.32 Å². The molecule has 1 aromatic rings. The standard InChI is InChI=1S/C13H18BrNS/c1-3-5-9(2)15-11-6-4-7-12-10(11)8-13(14)16-12/h3,8-9,11,15H,1,4-7H2,2H3. The third-order valence-electron chi connectivity index (χ3n) is 3.09. The van der Waals surface area contributed by atoms with E-state index in [1.807, 2.05) is 17.4 Å². The van der Waals surface area contributed by atoms with E-state index in [9.17, 15) is 0 Å². The summed E-state index contributed by atoms with van der Waals surface area (Å²) in [5, 5.41) is 3.70. The summed E-state index contributed by atoms with van der Waals surface area (Å²) in [6.45, 7) is 6.03. The van der Waals surface area contributed by atoms with Crippen LogP contribution in [0, 0.1) is 0 Å². The van der Waals surface area contributed by atoms with Crippen molar-refractivity contribution >= 4 is 27.3 Å². The van der Waals surface area contributed by atoms with Gasteiger partial charge >= 0.3 is 0 Å². The van der Waals surface area contributed by atoms with Crippen molar-refractivity contribution in [2.24, 2.45) is 0 Å². The lowest BCUT2D eigenvalue weighted by Gasteiger charge is -2.26. The Morgan fingerprint density at radius 1 is 1.75 bits per heavy atom. The Morgan fingerprint density at radius 2 is 2.56 bits per heavy atom. The van der Waals surface area contributed by atoms with E-state index in [1.54, 1.807) is 4.88 Å². The van der Waals surface area contributed by atoms with E-state index in [1.165, 1.54) is 28.6 Å². The van der Waals surface area contributed by atoms with Crippen LogP contribution in [0.1, 0.15) is 42.7 Å². The monoisotopic (exact) mass is 299 g/mol. The van der Waals surface area contributed by atoms with Gasteiger partial charge in [0.15, 0.2) is 0 Å². The summed E-state index contributed by atoms with van der Waals surface area (Å²) in [4.78, 5) is 1.56. The van der Waals surface area contributed by atoms with Crippen molar-refractivity contribution in [1.82, 2.24) is 5.32 Å². The molecule has 1 nitrogen and oxygen atoms in total. The summed E-state index contributed by atoms with van der Waals surface area (Å²) < 4.78 is 1.27. The van der Waals surface area contributed by atoms with E-state index in [4.69, 9.17) is 0 Å². The fourth-order valence-electron chi connectivity index (χ4n) is 2.36. The number of thiophene rings is 1. The van der Waals surface area contributed by atoms with Gasteiger partial charge in [0.2, 0.25) is 0 Å². The third-order valence-corrected chi connectivity index (χ3v) is 4.80. The highest BCUT2D eigenvalue weighted by Gasteiger charge is 2.23. The Balaban J connectivity index is 2.09. The predicted octanol–water partition coefficient (Wildman–Crippen LogP) is 4.44. The topological polar surface area (TPSA) is 12.0 Å². The molecule has 2 unspecified atom stereocenters. The summed E-state index contributed by atoms with van der Waals surface area (Å²) in [5.41, 5.74) is 1.51. The molecule has 1 heterocycles. The molecule has 0 radical (unpaired) electrons. The van der Waals surface area contributed by atoms with Crippen LogP contribution in [0.2, 0.25) is 0 Å². The molecule has 0 spiro atoms. The first-order valence-corrected chi connectivity index (χ1v) is 7.46. The first-order chi connectivity index (χ1) is 7.70. The fraction of sp³-hybridized carbons (Fsp3) is 0.538. The Hall–Kier alpha value is -0.120. The van der Waals surface area contributed by atoms with Gasteiger partial charge in [-0.2, -0.15) is 0 Å². The fourth-order valence-corrected chi connectivity index (χ4v) is 4.18. The van der Waals surface area contributed by atoms with Gasteiger partial charge in [0.1, 0.15) is 0 Å². The van der Waals surface area contributed by atoms with E-state index in [0.717, 1.165) is 6.42 Å². The molecule has 2 atom stereocenters. The number of hydrogen-bond donors (Lipinski definition) is 1. The number of hydrogen-bond acceptors (Lipinski definition) is 2. The molecule has 0 fully saturated rings. The second-order valence-corrected chi connectivity index (χ2v) is 6.98. The van der Waals surface area contributed by atoms with Gasteiger partial charge in [-0.15, -0.1) is 17.9 Å². The van der Waals surface area contributed by atoms with Gasteiger partial charge in [-0.1, -0.05) is 6.08 Å². The van der Waals surface area contributed by atoms with Gasteiger partial charge in [0, 0.05) is 17.0 Å². The molecule has 3 heteroatoms. The number of aryl methyl sites for hydroxylation is 1. The molecule has 1 aliphatic rings. The van der Waals surface area contributed by atoms with Crippen LogP contribution < -0.4 is 5.32 Å². The maximum atomic E-state index is 3.80. The quantitative estimate of drug-likeness (QED) is 0.810. The minimum Gasteiger partial charge on any atom is -0.307 e. The zero-order chi connectivity index (χ0) is 11.5. The molecule has 1 N–H and O–H groups in total. The van der Waals surface area contributed by atoms with Crippen molar-refractivity contribution in [3.8, 4) is 0 Å². The molecule has 1 aromatic heterocycles. The van der Waals surface area contributed by atoms with E-state index < -0.39 is 0 Å². The zero-order valence-corrected chi connectivity index (χ0v) is 12.0. The van der Waals surface area contributed by atoms with Crippen LogP contribution in [0.25, 0.3) is 0 Å². The number of rotatable bonds is 4. The van der Waals surface area contributed by atoms with Crippen molar-refractivity contribution in [3.63, 3.8) is 0 Å². The van der Waals surface area contributed by atoms with Crippen LogP contribution in [0.3, 0.4) is 0 Å². The van der Waals surface area contributed by atoms with Crippen molar-refractivity contribution in [1.29, 1.82) is 0 Å². The minimum atomic E-state index is 0.520. The van der Waals surface area contributed by atoms with Crippen LogP contribution >= 0.6 is 27.3 Å². The average Bonchev–Trinajstić information content (AvgIpc) is 2.60. The largest absolute Gasteiger partial charge is 0.307 e. The maximum Gasteiger partial charge on any atom is 0.0704 e. The molecule has 0 saturated carbocycles. The molecule has 88 valence electrons. The maximum absolute atomic E-state index is 3.80. The molecule has 0 aliphatic heterocycles. The van der Waals surface area contributed by atoms with Crippen molar-refractivity contribution < 1.29 is 0 Å². The van der Waals surface area contributed by atoms with Gasteiger partial charge in [-0.25, -0.2) is 0 Å². The SMILES string of the molecule is C=CCC(C)NC1CCCc2sc(Br)cc21. The van der Waals surface area contributed by atoms with Gasteiger partial charge in [-0.05, 0) is 60.2 Å². The number of fused-ring (bicyclic) bond motifs is 1. The lowest BCUT2D eigenvalue weighted by atomic mass is 9.93. The lowest BCUT2D eigenvalue weighted by Crippen LogP contribution is -2.31. The van der Waals surface area contributed by atoms with E-state index in [-0.39, 0.29) is 0 Å². The van der Waals surface area contributed by atoms with E-state index in [2.05, 4.69) is 40.8 Å². The Kier molecular flexibility index (Phi) is 4.22. The highest BCUT2D eigenvalue weighted by molar-refractivity contribution is 9.11. The predicted molar refractivity (Wildman–Crippen MR) is 75.1 cm³/mol. The number of halogens is 1. The van der Waals surface area contributed by atoms with Crippen molar-refractivity contribution in [3.05, 3.63) is 32.9 Å². The molecule has 0 aromatic carbocycles. The van der Waals surface area contributed by atoms with Gasteiger partial charge in [0.25, 0.3) is 0 Å². The van der Waals surface area contributed by atoms with Crippen molar-refractivity contribution in [2.75, 3.05) is 0 Å². The Labute approximate surface area is 110 Å². The van der Waals surface area contributed by atoms with Gasteiger partial charge in [-0.3, -0.25) is 0 Å². The van der Waals surface area contributed by atoms with Crippen LogP contribution in [0.4, 0.5) is 0 Å². The summed E-state index contributed by atoms with van der Waals surface area (Å²) in [7, 11) is 0. The van der Waals surface area contributed by atoms with E-state index in [0.29, 0.717) is 12.1 Å². The summed E-state index contributed by atoms with van der Waals surface area (Å²) in [5.74, 6) is 0. The second kappa shape index (κ2) is 5.48. The Morgan fingerprint density at radius 3 is 3.31 bits per heavy atom. The van der Waals surface area contributed by atoms with Crippen LogP contribution in [0.5, 0.6) is 0 Å². The molecule has 0 bridgehead atoms. The second-order valence-electron chi connectivity index (χ2n) is 4.47. The molecule has 16 heavy (non-hydrogen) atoms. The first kappa shape index (κ1) is 12.3. The zero-order valence-electron chi connectivity index (χ0n) is 9.63. The van der Waals surface area contributed by atoms with Gasteiger partial charge in [0.05, 0.1) is 3.79 Å². The molecule has 1 aliphatic carbocycles. The normalized spacial score (nSPS) is 21.5. The third kappa shape index (κ3) is 2.76. The van der Waals surface area contributed by atoms with E-state index >= 15 is 0 Å². The lowest BCUT2D eigenvalue weighted by molar-refractivity contribution is 0.412. The number of nitrogens with one attached hydrogen (secondary N) is 1. The summed E-state index contributed by atoms with van der Waals surface area (Å²) in [6.07, 6.45) is 6.85. The smallest absolute Gasteiger partial charge is 0.0704 e. The average molecular weight is 300 g/mol. The highest BCUT2D eigenvalue weighted by atomic mass is 79.9. The molecular formula is C13H18BrNS. The molecule has 0 saturated heterocycles. The molecular weight excluding hydrogens is 282 g/mol. The Bertz CT molecular complexity index is 372. The van der Waals surface area contributed by atoms with Crippen molar-refractivity contribution in [2.45, 2.75) is 44.7 Å². The first-order valence-electron chi connectivity index (χ1n) is 5.85.